The van der Waals surface area contributed by atoms with E-state index in [2.05, 4.69) is 113 Å². The summed E-state index contributed by atoms with van der Waals surface area (Å²) in [5, 5.41) is 0. The van der Waals surface area contributed by atoms with Crippen molar-refractivity contribution >= 4 is 12.2 Å². The van der Waals surface area contributed by atoms with Gasteiger partial charge in [0.25, 0.3) is 0 Å². The van der Waals surface area contributed by atoms with E-state index in [9.17, 15) is 0 Å². The lowest BCUT2D eigenvalue weighted by molar-refractivity contribution is 0.437. The second-order valence-corrected chi connectivity index (χ2v) is 12.5. The summed E-state index contributed by atoms with van der Waals surface area (Å²) in [4.78, 5) is 0. The molecule has 0 atom stereocenters. The quantitative estimate of drug-likeness (QED) is 0.258. The number of fused-ring (bicyclic) bond motifs is 2. The first-order valence-corrected chi connectivity index (χ1v) is 14.7. The van der Waals surface area contributed by atoms with Crippen molar-refractivity contribution in [1.82, 2.24) is 0 Å². The summed E-state index contributed by atoms with van der Waals surface area (Å²) in [6.07, 6.45) is 12.6. The zero-order valence-corrected chi connectivity index (χ0v) is 23.8. The van der Waals surface area contributed by atoms with Crippen molar-refractivity contribution in [2.75, 3.05) is 0 Å². The van der Waals surface area contributed by atoms with Crippen LogP contribution in [0.4, 0.5) is 0 Å². The minimum absolute atomic E-state index is 0.192. The molecule has 0 N–H and O–H groups in total. The van der Waals surface area contributed by atoms with Crippen molar-refractivity contribution in [2.24, 2.45) is 5.41 Å². The molecule has 0 spiro atoms. The van der Waals surface area contributed by atoms with Gasteiger partial charge in [0.1, 0.15) is 0 Å². The lowest BCUT2D eigenvalue weighted by atomic mass is 9.71. The summed E-state index contributed by atoms with van der Waals surface area (Å²) < 4.78 is 0. The molecule has 0 amide bonds. The third-order valence-corrected chi connectivity index (χ3v) is 9.54. The summed E-state index contributed by atoms with van der Waals surface area (Å²) in [7, 11) is 0. The van der Waals surface area contributed by atoms with Crippen LogP contribution in [0.1, 0.15) is 70.2 Å². The SMILES string of the molecule is Cc1cc(C)cc(-c2cccc3c2C=C(C2(C4=Cc5c(cccc5-c5cc(C)cc(C)c5)C4)CCCC2)C3)c1. The van der Waals surface area contributed by atoms with Crippen LogP contribution in [0, 0.1) is 33.1 Å². The van der Waals surface area contributed by atoms with Gasteiger partial charge in [0, 0.05) is 5.41 Å². The second kappa shape index (κ2) is 9.23. The number of hydrogen-bond donors (Lipinski definition) is 0. The van der Waals surface area contributed by atoms with Gasteiger partial charge >= 0.3 is 0 Å². The summed E-state index contributed by atoms with van der Waals surface area (Å²) in [5.74, 6) is 0. The van der Waals surface area contributed by atoms with Crippen molar-refractivity contribution in [3.63, 3.8) is 0 Å². The topological polar surface area (TPSA) is 0 Å². The van der Waals surface area contributed by atoms with Gasteiger partial charge < -0.3 is 0 Å². The standard InChI is InChI=1S/C39H38/c1-25-15-26(2)18-31(17-25)35-11-7-9-29-21-33(23-37(29)35)39(13-5-6-14-39)34-22-30-10-8-12-36(38(30)24-34)32-19-27(3)16-28(4)20-32/h7-12,15-20,23-24H,5-6,13-14,21-22H2,1-4H3. The van der Waals surface area contributed by atoms with Gasteiger partial charge in [0.05, 0.1) is 0 Å². The highest BCUT2D eigenvalue weighted by atomic mass is 14.5. The monoisotopic (exact) mass is 506 g/mol. The van der Waals surface area contributed by atoms with Gasteiger partial charge in [0.2, 0.25) is 0 Å². The molecule has 1 saturated carbocycles. The summed E-state index contributed by atoms with van der Waals surface area (Å²) >= 11 is 0. The average Bonchev–Trinajstić information content (AvgIpc) is 3.65. The molecule has 3 aliphatic rings. The van der Waals surface area contributed by atoms with Crippen LogP contribution in [0.5, 0.6) is 0 Å². The van der Waals surface area contributed by atoms with Crippen LogP contribution in [-0.2, 0) is 12.8 Å². The molecule has 0 bridgehead atoms. The smallest absolute Gasteiger partial charge is 0.0134 e. The van der Waals surface area contributed by atoms with E-state index in [1.807, 2.05) is 0 Å². The number of rotatable bonds is 4. The molecule has 39 heavy (non-hydrogen) atoms. The fourth-order valence-electron chi connectivity index (χ4n) is 7.94. The third kappa shape index (κ3) is 4.13. The molecule has 0 aromatic heterocycles. The van der Waals surface area contributed by atoms with Crippen LogP contribution in [0.3, 0.4) is 0 Å². The van der Waals surface area contributed by atoms with Gasteiger partial charge in [-0.05, 0) is 97.9 Å². The maximum absolute atomic E-state index is 2.60. The zero-order valence-electron chi connectivity index (χ0n) is 23.8. The van der Waals surface area contributed by atoms with E-state index < -0.39 is 0 Å². The Bertz CT molecular complexity index is 1520. The normalized spacial score (nSPS) is 17.1. The molecular formula is C39H38. The summed E-state index contributed by atoms with van der Waals surface area (Å²) in [5.41, 5.74) is 20.3. The fraction of sp³-hybridized carbons (Fsp3) is 0.282. The van der Waals surface area contributed by atoms with Crippen molar-refractivity contribution in [3.05, 3.63) is 128 Å². The van der Waals surface area contributed by atoms with Crippen LogP contribution in [0.2, 0.25) is 0 Å². The Labute approximate surface area is 234 Å². The molecule has 0 heteroatoms. The first-order chi connectivity index (χ1) is 18.9. The van der Waals surface area contributed by atoms with E-state index in [-0.39, 0.29) is 5.41 Å². The van der Waals surface area contributed by atoms with Crippen molar-refractivity contribution in [2.45, 2.75) is 66.2 Å². The number of allylic oxidation sites excluding steroid dienone is 2. The highest BCUT2D eigenvalue weighted by molar-refractivity contribution is 5.85. The minimum Gasteiger partial charge on any atom is -0.0613 e. The molecule has 0 aliphatic heterocycles. The molecule has 4 aromatic carbocycles. The zero-order chi connectivity index (χ0) is 26.7. The molecule has 0 heterocycles. The van der Waals surface area contributed by atoms with Crippen molar-refractivity contribution in [3.8, 4) is 22.3 Å². The van der Waals surface area contributed by atoms with Crippen LogP contribution in [0.25, 0.3) is 34.4 Å². The molecule has 0 radical (unpaired) electrons. The Morgan fingerprint density at radius 2 is 0.923 bits per heavy atom. The van der Waals surface area contributed by atoms with Crippen molar-refractivity contribution < 1.29 is 0 Å². The van der Waals surface area contributed by atoms with E-state index in [0.717, 1.165) is 12.8 Å². The van der Waals surface area contributed by atoms with Gasteiger partial charge in [-0.15, -0.1) is 0 Å². The van der Waals surface area contributed by atoms with Gasteiger partial charge in [-0.3, -0.25) is 0 Å². The third-order valence-electron chi connectivity index (χ3n) is 9.54. The van der Waals surface area contributed by atoms with Crippen LogP contribution < -0.4 is 0 Å². The first-order valence-electron chi connectivity index (χ1n) is 14.7. The molecule has 7 rings (SSSR count). The lowest BCUT2D eigenvalue weighted by Crippen LogP contribution is -2.22. The number of aryl methyl sites for hydroxylation is 4. The predicted molar refractivity (Wildman–Crippen MR) is 167 cm³/mol. The van der Waals surface area contributed by atoms with Gasteiger partial charge in [-0.2, -0.15) is 0 Å². The van der Waals surface area contributed by atoms with Crippen molar-refractivity contribution in [1.29, 1.82) is 0 Å². The largest absolute Gasteiger partial charge is 0.0613 e. The van der Waals surface area contributed by atoms with Gasteiger partial charge in [-0.1, -0.05) is 131 Å². The Kier molecular flexibility index (Phi) is 5.78. The molecular weight excluding hydrogens is 468 g/mol. The van der Waals surface area contributed by atoms with Gasteiger partial charge in [0.15, 0.2) is 0 Å². The molecule has 194 valence electrons. The average molecular weight is 507 g/mol. The van der Waals surface area contributed by atoms with E-state index in [0.29, 0.717) is 0 Å². The van der Waals surface area contributed by atoms with E-state index >= 15 is 0 Å². The number of hydrogen-bond acceptors (Lipinski definition) is 0. The summed E-state index contributed by atoms with van der Waals surface area (Å²) in [6, 6.07) is 27.9. The second-order valence-electron chi connectivity index (χ2n) is 12.5. The Morgan fingerprint density at radius 3 is 1.33 bits per heavy atom. The molecule has 0 unspecified atom stereocenters. The number of benzene rings is 4. The van der Waals surface area contributed by atoms with E-state index in [1.54, 1.807) is 11.1 Å². The molecule has 0 saturated heterocycles. The summed E-state index contributed by atoms with van der Waals surface area (Å²) in [6.45, 7) is 8.85. The van der Waals surface area contributed by atoms with Gasteiger partial charge in [-0.25, -0.2) is 0 Å². The maximum Gasteiger partial charge on any atom is 0.0134 e. The van der Waals surface area contributed by atoms with Crippen LogP contribution in [0.15, 0.2) is 83.9 Å². The first kappa shape index (κ1) is 24.4. The molecule has 1 fully saturated rings. The fourth-order valence-corrected chi connectivity index (χ4v) is 7.94. The minimum atomic E-state index is 0.192. The lowest BCUT2D eigenvalue weighted by Gasteiger charge is -2.33. The Hall–Kier alpha value is -3.64. The van der Waals surface area contributed by atoms with E-state index in [1.165, 1.54) is 92.4 Å². The molecule has 3 aliphatic carbocycles. The van der Waals surface area contributed by atoms with Crippen LogP contribution in [-0.4, -0.2) is 0 Å². The Balaban J connectivity index is 1.32. The maximum atomic E-state index is 2.60. The molecule has 0 nitrogen and oxygen atoms in total. The molecule has 4 aromatic rings. The van der Waals surface area contributed by atoms with E-state index in [4.69, 9.17) is 0 Å². The Morgan fingerprint density at radius 1 is 0.513 bits per heavy atom. The predicted octanol–water partition coefficient (Wildman–Crippen LogP) is 10.4. The highest BCUT2D eigenvalue weighted by Crippen LogP contribution is 2.56. The van der Waals surface area contributed by atoms with Crippen LogP contribution >= 0.6 is 0 Å². The highest BCUT2D eigenvalue weighted by Gasteiger charge is 2.43.